The first-order valence-corrected chi connectivity index (χ1v) is 9.96. The molecule has 7 heteroatoms. The highest BCUT2D eigenvalue weighted by molar-refractivity contribution is 5.94. The number of aromatic nitrogens is 3. The lowest BCUT2D eigenvalue weighted by molar-refractivity contribution is -0.116. The summed E-state index contributed by atoms with van der Waals surface area (Å²) in [6.07, 6.45) is 4.84. The molecular weight excluding hydrogens is 364 g/mol. The van der Waals surface area contributed by atoms with E-state index in [2.05, 4.69) is 32.4 Å². The molecule has 1 fully saturated rings. The van der Waals surface area contributed by atoms with Gasteiger partial charge in [-0.25, -0.2) is 9.50 Å². The SMILES string of the molecule is Cc1nc2c(C#N)cnn2c(C)c1CCC(=O)Nc1ccccc1N1CCCC1. The number of rotatable bonds is 5. The van der Waals surface area contributed by atoms with Crippen LogP contribution in [0.5, 0.6) is 0 Å². The largest absolute Gasteiger partial charge is 0.370 e. The van der Waals surface area contributed by atoms with Crippen LogP contribution in [0.4, 0.5) is 11.4 Å². The second-order valence-corrected chi connectivity index (χ2v) is 7.43. The van der Waals surface area contributed by atoms with Crippen LogP contribution in [0.1, 0.15) is 41.8 Å². The highest BCUT2D eigenvalue weighted by Crippen LogP contribution is 2.29. The van der Waals surface area contributed by atoms with Gasteiger partial charge in [-0.15, -0.1) is 0 Å². The third-order valence-electron chi connectivity index (χ3n) is 5.56. The quantitative estimate of drug-likeness (QED) is 0.724. The maximum absolute atomic E-state index is 12.7. The summed E-state index contributed by atoms with van der Waals surface area (Å²) in [5.74, 6) is -0.0197. The number of hydrogen-bond acceptors (Lipinski definition) is 5. The Morgan fingerprint density at radius 3 is 2.76 bits per heavy atom. The minimum absolute atomic E-state index is 0.0197. The number of nitrogens with one attached hydrogen (secondary N) is 1. The Bertz CT molecular complexity index is 1100. The minimum atomic E-state index is -0.0197. The van der Waals surface area contributed by atoms with Gasteiger partial charge in [-0.1, -0.05) is 12.1 Å². The summed E-state index contributed by atoms with van der Waals surface area (Å²) < 4.78 is 1.68. The van der Waals surface area contributed by atoms with Crippen molar-refractivity contribution in [3.63, 3.8) is 0 Å². The van der Waals surface area contributed by atoms with Gasteiger partial charge in [0.2, 0.25) is 5.91 Å². The van der Waals surface area contributed by atoms with E-state index in [4.69, 9.17) is 0 Å². The lowest BCUT2D eigenvalue weighted by atomic mass is 10.1. The molecule has 29 heavy (non-hydrogen) atoms. The van der Waals surface area contributed by atoms with Crippen molar-refractivity contribution in [1.82, 2.24) is 14.6 Å². The molecule has 0 bridgehead atoms. The Balaban J connectivity index is 1.49. The van der Waals surface area contributed by atoms with E-state index in [1.165, 1.54) is 19.0 Å². The normalized spacial score (nSPS) is 13.6. The van der Waals surface area contributed by atoms with Crippen molar-refractivity contribution < 1.29 is 4.79 Å². The van der Waals surface area contributed by atoms with Gasteiger partial charge in [0.1, 0.15) is 11.6 Å². The maximum atomic E-state index is 12.7. The molecule has 1 aliphatic heterocycles. The van der Waals surface area contributed by atoms with Crippen molar-refractivity contribution in [2.75, 3.05) is 23.3 Å². The van der Waals surface area contributed by atoms with E-state index in [0.29, 0.717) is 24.1 Å². The average Bonchev–Trinajstić information content (AvgIpc) is 3.38. The third kappa shape index (κ3) is 3.66. The van der Waals surface area contributed by atoms with Gasteiger partial charge in [0.25, 0.3) is 0 Å². The minimum Gasteiger partial charge on any atom is -0.370 e. The van der Waals surface area contributed by atoms with Crippen molar-refractivity contribution in [2.45, 2.75) is 39.5 Å². The number of carbonyl (C=O) groups is 1. The molecule has 2 aromatic heterocycles. The molecule has 4 rings (SSSR count). The number of aryl methyl sites for hydroxylation is 2. The summed E-state index contributed by atoms with van der Waals surface area (Å²) in [6.45, 7) is 5.93. The van der Waals surface area contributed by atoms with Crippen LogP contribution in [0.3, 0.4) is 0 Å². The Morgan fingerprint density at radius 2 is 2.00 bits per heavy atom. The summed E-state index contributed by atoms with van der Waals surface area (Å²) in [5, 5.41) is 16.5. The van der Waals surface area contributed by atoms with E-state index in [0.717, 1.165) is 41.4 Å². The number of carbonyl (C=O) groups excluding carboxylic acids is 1. The predicted octanol–water partition coefficient (Wildman–Crippen LogP) is 3.39. The van der Waals surface area contributed by atoms with Gasteiger partial charge in [0.15, 0.2) is 5.65 Å². The molecule has 7 nitrogen and oxygen atoms in total. The average molecular weight is 388 g/mol. The Labute approximate surface area is 170 Å². The van der Waals surface area contributed by atoms with Crippen LogP contribution in [0.2, 0.25) is 0 Å². The zero-order valence-corrected chi connectivity index (χ0v) is 16.8. The maximum Gasteiger partial charge on any atom is 0.224 e. The van der Waals surface area contributed by atoms with Crippen LogP contribution in [0.15, 0.2) is 30.5 Å². The van der Waals surface area contributed by atoms with Crippen molar-refractivity contribution in [1.29, 1.82) is 5.26 Å². The van der Waals surface area contributed by atoms with Crippen molar-refractivity contribution in [3.05, 3.63) is 53.0 Å². The highest BCUT2D eigenvalue weighted by atomic mass is 16.1. The zero-order chi connectivity index (χ0) is 20.4. The number of benzene rings is 1. The standard InChI is InChI=1S/C22H24N6O/c1-15-18(16(2)28-22(25-15)17(13-23)14-24-28)9-10-21(29)26-19-7-3-4-8-20(19)27-11-5-6-12-27/h3-4,7-8,14H,5-6,9-12H2,1-2H3,(H,26,29). The first-order chi connectivity index (χ1) is 14.1. The number of para-hydroxylation sites is 2. The van der Waals surface area contributed by atoms with Crippen LogP contribution in [0, 0.1) is 25.2 Å². The molecule has 148 valence electrons. The van der Waals surface area contributed by atoms with Crippen molar-refractivity contribution >= 4 is 22.9 Å². The molecule has 0 atom stereocenters. The molecule has 0 unspecified atom stereocenters. The van der Waals surface area contributed by atoms with E-state index < -0.39 is 0 Å². The van der Waals surface area contributed by atoms with Gasteiger partial charge in [-0.05, 0) is 50.8 Å². The van der Waals surface area contributed by atoms with E-state index in [1.807, 2.05) is 32.0 Å². The molecule has 1 aliphatic rings. The smallest absolute Gasteiger partial charge is 0.224 e. The van der Waals surface area contributed by atoms with Crippen LogP contribution in [-0.2, 0) is 11.2 Å². The molecule has 0 radical (unpaired) electrons. The fourth-order valence-corrected chi connectivity index (χ4v) is 4.02. The van der Waals surface area contributed by atoms with Gasteiger partial charge < -0.3 is 10.2 Å². The molecule has 3 aromatic rings. The second kappa shape index (κ2) is 7.92. The number of fused-ring (bicyclic) bond motifs is 1. The van der Waals surface area contributed by atoms with Crippen molar-refractivity contribution in [3.8, 4) is 6.07 Å². The van der Waals surface area contributed by atoms with Crippen LogP contribution in [-0.4, -0.2) is 33.6 Å². The molecule has 0 spiro atoms. The van der Waals surface area contributed by atoms with E-state index in [1.54, 1.807) is 4.52 Å². The Morgan fingerprint density at radius 1 is 1.24 bits per heavy atom. The van der Waals surface area contributed by atoms with Crippen LogP contribution >= 0.6 is 0 Å². The first-order valence-electron chi connectivity index (χ1n) is 9.96. The molecular formula is C22H24N6O. The number of nitriles is 1. The molecule has 1 aromatic carbocycles. The van der Waals surface area contributed by atoms with Gasteiger partial charge in [-0.3, -0.25) is 4.79 Å². The predicted molar refractivity (Wildman–Crippen MR) is 112 cm³/mol. The van der Waals surface area contributed by atoms with E-state index in [9.17, 15) is 10.1 Å². The second-order valence-electron chi connectivity index (χ2n) is 7.43. The number of anilines is 2. The fraction of sp³-hybridized carbons (Fsp3) is 0.364. The Hall–Kier alpha value is -3.40. The molecule has 1 amide bonds. The Kier molecular flexibility index (Phi) is 5.17. The molecule has 3 heterocycles. The van der Waals surface area contributed by atoms with E-state index in [-0.39, 0.29) is 5.91 Å². The topological polar surface area (TPSA) is 86.3 Å². The van der Waals surface area contributed by atoms with E-state index >= 15 is 0 Å². The van der Waals surface area contributed by atoms with Gasteiger partial charge in [-0.2, -0.15) is 10.4 Å². The first kappa shape index (κ1) is 18.9. The molecule has 1 saturated heterocycles. The van der Waals surface area contributed by atoms with Gasteiger partial charge >= 0.3 is 0 Å². The lowest BCUT2D eigenvalue weighted by Crippen LogP contribution is -2.21. The number of hydrogen-bond donors (Lipinski definition) is 1. The summed E-state index contributed by atoms with van der Waals surface area (Å²) in [7, 11) is 0. The number of nitrogens with zero attached hydrogens (tertiary/aromatic N) is 5. The lowest BCUT2D eigenvalue weighted by Gasteiger charge is -2.21. The summed E-state index contributed by atoms with van der Waals surface area (Å²) >= 11 is 0. The summed E-state index contributed by atoms with van der Waals surface area (Å²) in [6, 6.07) is 10.1. The monoisotopic (exact) mass is 388 g/mol. The van der Waals surface area contributed by atoms with Crippen molar-refractivity contribution in [2.24, 2.45) is 0 Å². The molecule has 0 aliphatic carbocycles. The molecule has 1 N–H and O–H groups in total. The van der Waals surface area contributed by atoms with Crippen LogP contribution < -0.4 is 10.2 Å². The summed E-state index contributed by atoms with van der Waals surface area (Å²) in [4.78, 5) is 19.5. The highest BCUT2D eigenvalue weighted by Gasteiger charge is 2.18. The number of amides is 1. The summed E-state index contributed by atoms with van der Waals surface area (Å²) in [5.41, 5.74) is 5.72. The zero-order valence-electron chi connectivity index (χ0n) is 16.8. The third-order valence-corrected chi connectivity index (χ3v) is 5.56. The van der Waals surface area contributed by atoms with Gasteiger partial charge in [0.05, 0.1) is 17.6 Å². The molecule has 0 saturated carbocycles. The van der Waals surface area contributed by atoms with Crippen LogP contribution in [0.25, 0.3) is 5.65 Å². The fourth-order valence-electron chi connectivity index (χ4n) is 4.02. The van der Waals surface area contributed by atoms with Gasteiger partial charge in [0, 0.05) is 30.9 Å².